The fraction of sp³-hybridized carbons (Fsp3) is 0.182. The number of para-hydroxylation sites is 1. The van der Waals surface area contributed by atoms with Gasteiger partial charge < -0.3 is 14.5 Å². The number of hydrogen-bond donors (Lipinski definition) is 0. The van der Waals surface area contributed by atoms with Crippen LogP contribution in [0.5, 0.6) is 5.75 Å². The third-order valence-corrected chi connectivity index (χ3v) is 5.62. The Labute approximate surface area is 179 Å². The summed E-state index contributed by atoms with van der Waals surface area (Å²) in [5.41, 5.74) is 1.81. The third-order valence-electron chi connectivity index (χ3n) is 4.53. The summed E-state index contributed by atoms with van der Waals surface area (Å²) in [6.45, 7) is 0.319. The molecule has 0 aliphatic heterocycles. The zero-order valence-electron chi connectivity index (χ0n) is 16.4. The first-order chi connectivity index (χ1) is 13.9. The standard InChI is InChI=1S/C22H21ClN2O3S/c1-24(14-15-13-16(23)10-11-19(15)28-3)21(26)17-7-4-5-8-18(17)25(2)22(27)20-9-6-12-29-20/h4-13H,14H2,1-3H3. The van der Waals surface area contributed by atoms with Crippen LogP contribution in [0.3, 0.4) is 0 Å². The largest absolute Gasteiger partial charge is 0.496 e. The van der Waals surface area contributed by atoms with Gasteiger partial charge >= 0.3 is 0 Å². The van der Waals surface area contributed by atoms with Crippen molar-refractivity contribution in [3.05, 3.63) is 81.0 Å². The second kappa shape index (κ2) is 9.11. The Morgan fingerprint density at radius 1 is 1.03 bits per heavy atom. The van der Waals surface area contributed by atoms with Gasteiger partial charge in [-0.15, -0.1) is 11.3 Å². The Morgan fingerprint density at radius 3 is 2.48 bits per heavy atom. The maximum atomic E-state index is 13.2. The van der Waals surface area contributed by atoms with E-state index in [0.29, 0.717) is 33.4 Å². The molecule has 0 aliphatic rings. The van der Waals surface area contributed by atoms with Crippen molar-refractivity contribution in [1.29, 1.82) is 0 Å². The third kappa shape index (κ3) is 4.60. The molecule has 2 aromatic carbocycles. The van der Waals surface area contributed by atoms with E-state index in [1.165, 1.54) is 16.2 Å². The van der Waals surface area contributed by atoms with Crippen LogP contribution in [0.4, 0.5) is 5.69 Å². The minimum atomic E-state index is -0.201. The van der Waals surface area contributed by atoms with Crippen LogP contribution in [0, 0.1) is 0 Å². The van der Waals surface area contributed by atoms with Gasteiger partial charge in [0.1, 0.15) is 5.75 Å². The molecule has 0 spiro atoms. The predicted octanol–water partition coefficient (Wildman–Crippen LogP) is 4.96. The van der Waals surface area contributed by atoms with Gasteiger partial charge in [0.05, 0.1) is 23.2 Å². The molecular formula is C22H21ClN2O3S. The van der Waals surface area contributed by atoms with Gasteiger partial charge in [-0.2, -0.15) is 0 Å². The van der Waals surface area contributed by atoms with Gasteiger partial charge in [0.15, 0.2) is 0 Å². The van der Waals surface area contributed by atoms with Crippen LogP contribution in [-0.4, -0.2) is 37.9 Å². The normalized spacial score (nSPS) is 10.5. The molecule has 0 radical (unpaired) electrons. The summed E-state index contributed by atoms with van der Waals surface area (Å²) in [5, 5.41) is 2.42. The number of nitrogens with zero attached hydrogens (tertiary/aromatic N) is 2. The van der Waals surface area contributed by atoms with Gasteiger partial charge in [0.25, 0.3) is 11.8 Å². The summed E-state index contributed by atoms with van der Waals surface area (Å²) in [6, 6.07) is 16.0. The molecule has 29 heavy (non-hydrogen) atoms. The molecule has 0 N–H and O–H groups in total. The van der Waals surface area contributed by atoms with Crippen molar-refractivity contribution in [3.8, 4) is 5.75 Å². The van der Waals surface area contributed by atoms with Crippen LogP contribution >= 0.6 is 22.9 Å². The van der Waals surface area contributed by atoms with Crippen LogP contribution < -0.4 is 9.64 Å². The van der Waals surface area contributed by atoms with E-state index in [9.17, 15) is 9.59 Å². The van der Waals surface area contributed by atoms with E-state index in [-0.39, 0.29) is 11.8 Å². The number of thiophene rings is 1. The summed E-state index contributed by atoms with van der Waals surface area (Å²) in [5.74, 6) is 0.306. The second-order valence-corrected chi connectivity index (χ2v) is 7.86. The number of ether oxygens (including phenoxy) is 1. The van der Waals surface area contributed by atoms with E-state index in [4.69, 9.17) is 16.3 Å². The number of anilines is 1. The van der Waals surface area contributed by atoms with Gasteiger partial charge in [-0.3, -0.25) is 9.59 Å². The molecule has 0 fully saturated rings. The fourth-order valence-electron chi connectivity index (χ4n) is 3.03. The van der Waals surface area contributed by atoms with Gasteiger partial charge in [-0.1, -0.05) is 29.8 Å². The molecule has 0 saturated heterocycles. The molecule has 2 amide bonds. The summed E-state index contributed by atoms with van der Waals surface area (Å²) in [7, 11) is 4.96. The van der Waals surface area contributed by atoms with Crippen LogP contribution in [0.1, 0.15) is 25.6 Å². The zero-order chi connectivity index (χ0) is 21.0. The first-order valence-corrected chi connectivity index (χ1v) is 10.2. The highest BCUT2D eigenvalue weighted by molar-refractivity contribution is 7.12. The van der Waals surface area contributed by atoms with Crippen molar-refractivity contribution < 1.29 is 14.3 Å². The Bertz CT molecular complexity index is 1020. The van der Waals surface area contributed by atoms with Crippen molar-refractivity contribution in [2.24, 2.45) is 0 Å². The number of amides is 2. The first-order valence-electron chi connectivity index (χ1n) is 8.91. The number of carbonyl (C=O) groups excluding carboxylic acids is 2. The minimum absolute atomic E-state index is 0.153. The molecule has 0 bridgehead atoms. The van der Waals surface area contributed by atoms with Crippen molar-refractivity contribution in [2.75, 3.05) is 26.1 Å². The van der Waals surface area contributed by atoms with E-state index in [1.54, 1.807) is 68.6 Å². The van der Waals surface area contributed by atoms with Gasteiger partial charge in [0, 0.05) is 31.2 Å². The molecule has 150 valence electrons. The first kappa shape index (κ1) is 20.9. The number of carbonyl (C=O) groups is 2. The van der Waals surface area contributed by atoms with Crippen LogP contribution in [0.2, 0.25) is 5.02 Å². The highest BCUT2D eigenvalue weighted by Gasteiger charge is 2.22. The SMILES string of the molecule is COc1ccc(Cl)cc1CN(C)C(=O)c1ccccc1N(C)C(=O)c1cccs1. The van der Waals surface area contributed by atoms with Crippen molar-refractivity contribution in [1.82, 2.24) is 4.90 Å². The summed E-state index contributed by atoms with van der Waals surface area (Å²) >= 11 is 7.47. The average molecular weight is 429 g/mol. The monoisotopic (exact) mass is 428 g/mol. The van der Waals surface area contributed by atoms with E-state index in [1.807, 2.05) is 17.5 Å². The number of rotatable bonds is 6. The van der Waals surface area contributed by atoms with Gasteiger partial charge in [-0.25, -0.2) is 0 Å². The smallest absolute Gasteiger partial charge is 0.268 e. The maximum absolute atomic E-state index is 13.2. The van der Waals surface area contributed by atoms with E-state index < -0.39 is 0 Å². The Balaban J connectivity index is 1.86. The van der Waals surface area contributed by atoms with Crippen LogP contribution in [0.15, 0.2) is 60.0 Å². The highest BCUT2D eigenvalue weighted by atomic mass is 35.5. The quantitative estimate of drug-likeness (QED) is 0.557. The van der Waals surface area contributed by atoms with Crippen molar-refractivity contribution in [2.45, 2.75) is 6.54 Å². The fourth-order valence-corrected chi connectivity index (χ4v) is 3.92. The highest BCUT2D eigenvalue weighted by Crippen LogP contribution is 2.27. The Hall–Kier alpha value is -2.83. The maximum Gasteiger partial charge on any atom is 0.268 e. The molecule has 0 unspecified atom stereocenters. The van der Waals surface area contributed by atoms with E-state index >= 15 is 0 Å². The predicted molar refractivity (Wildman–Crippen MR) is 117 cm³/mol. The topological polar surface area (TPSA) is 49.9 Å². The number of hydrogen-bond acceptors (Lipinski definition) is 4. The summed E-state index contributed by atoms with van der Waals surface area (Å²) in [6.07, 6.45) is 0. The molecular weight excluding hydrogens is 408 g/mol. The molecule has 3 rings (SSSR count). The lowest BCUT2D eigenvalue weighted by Crippen LogP contribution is -2.31. The van der Waals surface area contributed by atoms with E-state index in [2.05, 4.69) is 0 Å². The second-order valence-electron chi connectivity index (χ2n) is 6.48. The Kier molecular flexibility index (Phi) is 6.56. The van der Waals surface area contributed by atoms with Crippen LogP contribution in [0.25, 0.3) is 0 Å². The lowest BCUT2D eigenvalue weighted by atomic mass is 10.1. The molecule has 5 nitrogen and oxygen atoms in total. The minimum Gasteiger partial charge on any atom is -0.496 e. The molecule has 0 aliphatic carbocycles. The Morgan fingerprint density at radius 2 is 1.79 bits per heavy atom. The molecule has 7 heteroatoms. The van der Waals surface area contributed by atoms with Crippen molar-refractivity contribution >= 4 is 40.4 Å². The lowest BCUT2D eigenvalue weighted by Gasteiger charge is -2.24. The van der Waals surface area contributed by atoms with E-state index in [0.717, 1.165) is 5.56 Å². The lowest BCUT2D eigenvalue weighted by molar-refractivity contribution is 0.0785. The number of methoxy groups -OCH3 is 1. The van der Waals surface area contributed by atoms with Crippen molar-refractivity contribution in [3.63, 3.8) is 0 Å². The molecule has 1 aromatic heterocycles. The summed E-state index contributed by atoms with van der Waals surface area (Å²) in [4.78, 5) is 29.6. The molecule has 0 saturated carbocycles. The molecule has 3 aromatic rings. The molecule has 1 heterocycles. The van der Waals surface area contributed by atoms with Gasteiger partial charge in [-0.05, 0) is 41.8 Å². The number of halogens is 1. The molecule has 0 atom stereocenters. The number of benzene rings is 2. The van der Waals surface area contributed by atoms with Gasteiger partial charge in [0.2, 0.25) is 0 Å². The average Bonchev–Trinajstić information content (AvgIpc) is 3.27. The zero-order valence-corrected chi connectivity index (χ0v) is 18.0. The summed E-state index contributed by atoms with van der Waals surface area (Å²) < 4.78 is 5.37. The van der Waals surface area contributed by atoms with Crippen LogP contribution in [-0.2, 0) is 6.54 Å².